The quantitative estimate of drug-likeness (QED) is 0.506. The summed E-state index contributed by atoms with van der Waals surface area (Å²) in [6, 6.07) is 0. The van der Waals surface area contributed by atoms with Gasteiger partial charge in [-0.1, -0.05) is 12.7 Å². The van der Waals surface area contributed by atoms with Crippen LogP contribution >= 0.6 is 0 Å². The summed E-state index contributed by atoms with van der Waals surface area (Å²) < 4.78 is 41.5. The van der Waals surface area contributed by atoms with Gasteiger partial charge in [-0.3, -0.25) is 0 Å². The van der Waals surface area contributed by atoms with Crippen molar-refractivity contribution in [1.29, 1.82) is 0 Å². The van der Waals surface area contributed by atoms with Gasteiger partial charge in [0.05, 0.1) is 18.4 Å². The van der Waals surface area contributed by atoms with Gasteiger partial charge in [0.15, 0.2) is 0 Å². The second kappa shape index (κ2) is 4.88. The predicted octanol–water partition coefficient (Wildman–Crippen LogP) is 3.60. The number of hydrogen-bond donors (Lipinski definition) is 0. The molecule has 0 atom stereocenters. The molecule has 1 nitrogen and oxygen atoms in total. The first kappa shape index (κ1) is 12.8. The molecule has 4 heteroatoms. The van der Waals surface area contributed by atoms with Gasteiger partial charge in [-0.2, -0.15) is 13.2 Å². The van der Waals surface area contributed by atoms with E-state index >= 15 is 0 Å². The molecule has 0 radical (unpaired) electrons. The molecule has 0 saturated carbocycles. The lowest BCUT2D eigenvalue weighted by Crippen LogP contribution is -2.10. The first-order valence-electron chi connectivity index (χ1n) is 3.95. The molecule has 80 valence electrons. The summed E-state index contributed by atoms with van der Waals surface area (Å²) in [5.74, 6) is 0.452. The highest BCUT2D eigenvalue weighted by atomic mass is 19.4. The van der Waals surface area contributed by atoms with Gasteiger partial charge in [0, 0.05) is 0 Å². The monoisotopic (exact) mass is 206 g/mol. The maximum Gasteiger partial charge on any atom is 0.416 e. The molecule has 0 aromatic carbocycles. The summed E-state index contributed by atoms with van der Waals surface area (Å²) in [5, 5.41) is 0. The van der Waals surface area contributed by atoms with Gasteiger partial charge in [0.25, 0.3) is 0 Å². The molecule has 0 aromatic heterocycles. The Kier molecular flexibility index (Phi) is 4.47. The van der Waals surface area contributed by atoms with Crippen LogP contribution in [0.4, 0.5) is 13.2 Å². The van der Waals surface area contributed by atoms with Crippen molar-refractivity contribution in [2.24, 2.45) is 0 Å². The second-order valence-electron chi connectivity index (χ2n) is 2.74. The van der Waals surface area contributed by atoms with Gasteiger partial charge in [0.1, 0.15) is 0 Å². The summed E-state index contributed by atoms with van der Waals surface area (Å²) in [6.45, 7) is 6.26. The number of allylic oxidation sites excluding steroid dienone is 5. The molecular weight excluding hydrogens is 193 g/mol. The van der Waals surface area contributed by atoms with Gasteiger partial charge in [0.2, 0.25) is 0 Å². The molecule has 0 fully saturated rings. The molecule has 0 rings (SSSR count). The number of ether oxygens (including phenoxy) is 1. The second-order valence-corrected chi connectivity index (χ2v) is 2.74. The van der Waals surface area contributed by atoms with Crippen LogP contribution in [0, 0.1) is 0 Å². The van der Waals surface area contributed by atoms with E-state index < -0.39 is 11.7 Å². The van der Waals surface area contributed by atoms with Gasteiger partial charge in [-0.05, 0) is 25.5 Å². The molecule has 0 saturated heterocycles. The van der Waals surface area contributed by atoms with Crippen molar-refractivity contribution in [2.45, 2.75) is 20.0 Å². The maximum absolute atomic E-state index is 12.2. The lowest BCUT2D eigenvalue weighted by Gasteiger charge is -2.08. The van der Waals surface area contributed by atoms with Crippen molar-refractivity contribution in [2.75, 3.05) is 7.11 Å². The van der Waals surface area contributed by atoms with Crippen molar-refractivity contribution < 1.29 is 17.9 Å². The average molecular weight is 206 g/mol. The van der Waals surface area contributed by atoms with Crippen molar-refractivity contribution >= 4 is 0 Å². The number of rotatable bonds is 3. The predicted molar refractivity (Wildman–Crippen MR) is 49.7 cm³/mol. The number of hydrogen-bond acceptors (Lipinski definition) is 1. The minimum Gasteiger partial charge on any atom is -0.501 e. The number of alkyl halides is 3. The normalized spacial score (nSPS) is 14.9. The van der Waals surface area contributed by atoms with Crippen LogP contribution in [0.2, 0.25) is 0 Å². The zero-order valence-corrected chi connectivity index (χ0v) is 8.40. The van der Waals surface area contributed by atoms with Gasteiger partial charge >= 0.3 is 6.18 Å². The van der Waals surface area contributed by atoms with Crippen LogP contribution < -0.4 is 0 Å². The Morgan fingerprint density at radius 1 is 1.29 bits per heavy atom. The molecule has 0 aliphatic rings. The topological polar surface area (TPSA) is 9.23 Å². The van der Waals surface area contributed by atoms with E-state index in [0.717, 1.165) is 12.2 Å². The fourth-order valence-corrected chi connectivity index (χ4v) is 0.752. The van der Waals surface area contributed by atoms with E-state index in [1.807, 2.05) is 0 Å². The van der Waals surface area contributed by atoms with E-state index in [1.54, 1.807) is 13.8 Å². The Hall–Kier alpha value is -1.19. The summed E-state index contributed by atoms with van der Waals surface area (Å²) in [5.41, 5.74) is -0.342. The standard InChI is InChI=1S/C10H13F3O/c1-5-9(10(11,12)13)6-7(2)8(3)14-4/h5-6H,1H2,2-4H3/b8-7+,9-6+. The molecule has 0 spiro atoms. The van der Waals surface area contributed by atoms with E-state index in [1.165, 1.54) is 7.11 Å². The third-order valence-corrected chi connectivity index (χ3v) is 1.78. The highest BCUT2D eigenvalue weighted by Gasteiger charge is 2.31. The maximum atomic E-state index is 12.2. The van der Waals surface area contributed by atoms with Crippen LogP contribution in [0.25, 0.3) is 0 Å². The highest BCUT2D eigenvalue weighted by Crippen LogP contribution is 2.27. The minimum absolute atomic E-state index is 0.430. The molecule has 0 unspecified atom stereocenters. The molecular formula is C10H13F3O. The Morgan fingerprint density at radius 3 is 2.07 bits per heavy atom. The zero-order chi connectivity index (χ0) is 11.4. The summed E-state index contributed by atoms with van der Waals surface area (Å²) in [6.07, 6.45) is -2.57. The minimum atomic E-state index is -4.36. The fraction of sp³-hybridized carbons (Fsp3) is 0.400. The summed E-state index contributed by atoms with van der Waals surface area (Å²) in [7, 11) is 1.41. The highest BCUT2D eigenvalue weighted by molar-refractivity contribution is 5.32. The molecule has 0 amide bonds. The van der Waals surface area contributed by atoms with Crippen LogP contribution in [0.1, 0.15) is 13.8 Å². The first-order valence-corrected chi connectivity index (χ1v) is 3.95. The van der Waals surface area contributed by atoms with E-state index in [-0.39, 0.29) is 0 Å². The molecule has 0 bridgehead atoms. The van der Waals surface area contributed by atoms with E-state index in [2.05, 4.69) is 6.58 Å². The Labute approximate surface area is 81.6 Å². The molecule has 0 aromatic rings. The van der Waals surface area contributed by atoms with Crippen LogP contribution in [-0.4, -0.2) is 13.3 Å². The number of methoxy groups -OCH3 is 1. The molecule has 0 aliphatic carbocycles. The lowest BCUT2D eigenvalue weighted by atomic mass is 10.1. The lowest BCUT2D eigenvalue weighted by molar-refractivity contribution is -0.0882. The smallest absolute Gasteiger partial charge is 0.416 e. The van der Waals surface area contributed by atoms with Gasteiger partial charge < -0.3 is 4.74 Å². The van der Waals surface area contributed by atoms with Crippen LogP contribution in [0.5, 0.6) is 0 Å². The third kappa shape index (κ3) is 3.68. The summed E-state index contributed by atoms with van der Waals surface area (Å²) in [4.78, 5) is 0. The largest absolute Gasteiger partial charge is 0.501 e. The Morgan fingerprint density at radius 2 is 1.79 bits per heavy atom. The van der Waals surface area contributed by atoms with Crippen LogP contribution in [0.3, 0.4) is 0 Å². The van der Waals surface area contributed by atoms with Gasteiger partial charge in [-0.15, -0.1) is 0 Å². The zero-order valence-electron chi connectivity index (χ0n) is 8.40. The van der Waals surface area contributed by atoms with Crippen molar-refractivity contribution in [3.05, 3.63) is 35.6 Å². The average Bonchev–Trinajstić information content (AvgIpc) is 2.10. The fourth-order valence-electron chi connectivity index (χ4n) is 0.752. The van der Waals surface area contributed by atoms with Gasteiger partial charge in [-0.25, -0.2) is 0 Å². The van der Waals surface area contributed by atoms with Crippen molar-refractivity contribution in [1.82, 2.24) is 0 Å². The molecule has 14 heavy (non-hydrogen) atoms. The van der Waals surface area contributed by atoms with Crippen molar-refractivity contribution in [3.8, 4) is 0 Å². The summed E-state index contributed by atoms with van der Waals surface area (Å²) >= 11 is 0. The molecule has 0 aliphatic heterocycles. The number of halogens is 3. The van der Waals surface area contributed by atoms with Crippen LogP contribution in [0.15, 0.2) is 35.6 Å². The Bertz CT molecular complexity index is 272. The van der Waals surface area contributed by atoms with Crippen molar-refractivity contribution in [3.63, 3.8) is 0 Å². The molecule has 0 N–H and O–H groups in total. The van der Waals surface area contributed by atoms with E-state index in [4.69, 9.17) is 4.74 Å². The first-order chi connectivity index (χ1) is 6.32. The van der Waals surface area contributed by atoms with E-state index in [9.17, 15) is 13.2 Å². The van der Waals surface area contributed by atoms with Crippen LogP contribution in [-0.2, 0) is 4.74 Å². The molecule has 0 heterocycles. The van der Waals surface area contributed by atoms with E-state index in [0.29, 0.717) is 11.3 Å². The third-order valence-electron chi connectivity index (χ3n) is 1.78. The SMILES string of the molecule is C=C/C(=C\C(C)=C(/C)OC)C(F)(F)F. The Balaban J connectivity index is 5.06.